The van der Waals surface area contributed by atoms with Crippen LogP contribution in [0.3, 0.4) is 0 Å². The van der Waals surface area contributed by atoms with Gasteiger partial charge in [-0.1, -0.05) is 37.8 Å². The number of fused-ring (bicyclic) bond motifs is 1. The SMILES string of the molecule is C=CC(=CCC)B1Oc2ccccc2O1. The molecule has 15 heavy (non-hydrogen) atoms. The van der Waals surface area contributed by atoms with Crippen molar-refractivity contribution in [1.29, 1.82) is 0 Å². The van der Waals surface area contributed by atoms with Crippen LogP contribution in [0, 0.1) is 0 Å². The molecule has 1 aliphatic heterocycles. The number of allylic oxidation sites excluding steroid dienone is 3. The summed E-state index contributed by atoms with van der Waals surface area (Å²) in [5.74, 6) is 1.60. The predicted octanol–water partition coefficient (Wildman–Crippen LogP) is 3.01. The van der Waals surface area contributed by atoms with Gasteiger partial charge in [0.1, 0.15) is 11.5 Å². The van der Waals surface area contributed by atoms with Crippen LogP contribution in [0.15, 0.2) is 48.5 Å². The molecule has 0 bridgehead atoms. The van der Waals surface area contributed by atoms with Gasteiger partial charge in [-0.15, -0.1) is 0 Å². The lowest BCUT2D eigenvalue weighted by atomic mass is 9.78. The van der Waals surface area contributed by atoms with E-state index in [-0.39, 0.29) is 7.12 Å². The summed E-state index contributed by atoms with van der Waals surface area (Å²) < 4.78 is 11.3. The molecule has 0 saturated heterocycles. The first-order valence-electron chi connectivity index (χ1n) is 5.10. The van der Waals surface area contributed by atoms with Crippen molar-refractivity contribution in [3.05, 3.63) is 48.5 Å². The van der Waals surface area contributed by atoms with Crippen LogP contribution < -0.4 is 9.31 Å². The van der Waals surface area contributed by atoms with Crippen molar-refractivity contribution in [1.82, 2.24) is 0 Å². The van der Waals surface area contributed by atoms with Crippen LogP contribution in [-0.2, 0) is 0 Å². The number of para-hydroxylation sites is 2. The predicted molar refractivity (Wildman–Crippen MR) is 62.0 cm³/mol. The van der Waals surface area contributed by atoms with Crippen LogP contribution >= 0.6 is 0 Å². The normalized spacial score (nSPS) is 14.2. The van der Waals surface area contributed by atoms with Crippen molar-refractivity contribution in [3.8, 4) is 11.5 Å². The second kappa shape index (κ2) is 4.26. The first-order valence-corrected chi connectivity index (χ1v) is 5.10. The molecule has 1 heterocycles. The third-order valence-corrected chi connectivity index (χ3v) is 2.26. The van der Waals surface area contributed by atoms with Crippen LogP contribution in [0.1, 0.15) is 13.3 Å². The molecule has 1 aromatic carbocycles. The lowest BCUT2D eigenvalue weighted by Gasteiger charge is -2.04. The molecule has 0 atom stereocenters. The lowest BCUT2D eigenvalue weighted by Crippen LogP contribution is -2.26. The summed E-state index contributed by atoms with van der Waals surface area (Å²) in [6.07, 6.45) is 4.78. The molecule has 1 aromatic rings. The highest BCUT2D eigenvalue weighted by Gasteiger charge is 2.33. The van der Waals surface area contributed by atoms with Crippen molar-refractivity contribution < 1.29 is 9.31 Å². The van der Waals surface area contributed by atoms with E-state index in [4.69, 9.17) is 9.31 Å². The van der Waals surface area contributed by atoms with E-state index in [2.05, 4.69) is 19.6 Å². The second-order valence-corrected chi connectivity index (χ2v) is 3.33. The molecular formula is C12H13BO2. The smallest absolute Gasteiger partial charge is 0.519 e. The van der Waals surface area contributed by atoms with Gasteiger partial charge in [-0.2, -0.15) is 0 Å². The van der Waals surface area contributed by atoms with Gasteiger partial charge in [-0.3, -0.25) is 0 Å². The van der Waals surface area contributed by atoms with Gasteiger partial charge in [-0.25, -0.2) is 0 Å². The van der Waals surface area contributed by atoms with Gasteiger partial charge in [0, 0.05) is 5.47 Å². The zero-order valence-electron chi connectivity index (χ0n) is 8.77. The molecule has 0 amide bonds. The van der Waals surface area contributed by atoms with Crippen LogP contribution in [0.25, 0.3) is 0 Å². The summed E-state index contributed by atoms with van der Waals surface area (Å²) in [6.45, 7) is 5.83. The number of hydrogen-bond donors (Lipinski definition) is 0. The highest BCUT2D eigenvalue weighted by atomic mass is 16.6. The molecule has 0 N–H and O–H groups in total. The lowest BCUT2D eigenvalue weighted by molar-refractivity contribution is 0.513. The quantitative estimate of drug-likeness (QED) is 0.551. The Hall–Kier alpha value is -1.64. The molecule has 0 spiro atoms. The van der Waals surface area contributed by atoms with E-state index >= 15 is 0 Å². The van der Waals surface area contributed by atoms with Gasteiger partial charge < -0.3 is 9.31 Å². The maximum absolute atomic E-state index is 5.65. The van der Waals surface area contributed by atoms with Crippen molar-refractivity contribution in [2.24, 2.45) is 0 Å². The zero-order chi connectivity index (χ0) is 10.7. The third kappa shape index (κ3) is 1.91. The molecule has 1 aliphatic rings. The minimum atomic E-state index is -0.333. The van der Waals surface area contributed by atoms with Gasteiger partial charge >= 0.3 is 7.12 Å². The van der Waals surface area contributed by atoms with Crippen LogP contribution in [0.2, 0.25) is 0 Å². The summed E-state index contributed by atoms with van der Waals surface area (Å²) in [4.78, 5) is 0. The first-order chi connectivity index (χ1) is 7.35. The minimum absolute atomic E-state index is 0.333. The average molecular weight is 200 g/mol. The standard InChI is InChI=1S/C12H13BO2/c1-3-7-10(4-2)13-14-11-8-5-6-9-12(11)15-13/h4-9H,2-3H2,1H3. The highest BCUT2D eigenvalue weighted by molar-refractivity contribution is 6.57. The maximum Gasteiger partial charge on any atom is 0.632 e. The van der Waals surface area contributed by atoms with E-state index in [1.807, 2.05) is 24.3 Å². The minimum Gasteiger partial charge on any atom is -0.519 e. The topological polar surface area (TPSA) is 18.5 Å². The molecule has 2 nitrogen and oxygen atoms in total. The molecule has 0 radical (unpaired) electrons. The van der Waals surface area contributed by atoms with E-state index in [0.29, 0.717) is 0 Å². The van der Waals surface area contributed by atoms with Gasteiger partial charge in [0.05, 0.1) is 0 Å². The number of hydrogen-bond acceptors (Lipinski definition) is 2. The highest BCUT2D eigenvalue weighted by Crippen LogP contribution is 2.34. The van der Waals surface area contributed by atoms with E-state index in [0.717, 1.165) is 23.4 Å². The Morgan fingerprint density at radius 1 is 1.33 bits per heavy atom. The van der Waals surface area contributed by atoms with Crippen molar-refractivity contribution >= 4 is 7.12 Å². The van der Waals surface area contributed by atoms with E-state index < -0.39 is 0 Å². The first kappa shape index (κ1) is 9.90. The van der Waals surface area contributed by atoms with Crippen LogP contribution in [0.4, 0.5) is 0 Å². The van der Waals surface area contributed by atoms with E-state index in [1.54, 1.807) is 6.08 Å². The molecule has 2 rings (SSSR count). The van der Waals surface area contributed by atoms with Crippen LogP contribution in [-0.4, -0.2) is 7.12 Å². The Kier molecular flexibility index (Phi) is 2.81. The molecule has 0 fully saturated rings. The zero-order valence-corrected chi connectivity index (χ0v) is 8.77. The van der Waals surface area contributed by atoms with Gasteiger partial charge in [-0.05, 0) is 18.6 Å². The third-order valence-electron chi connectivity index (χ3n) is 2.26. The largest absolute Gasteiger partial charge is 0.632 e. The molecule has 0 unspecified atom stereocenters. The summed E-state index contributed by atoms with van der Waals surface area (Å²) in [6, 6.07) is 7.67. The summed E-state index contributed by atoms with van der Waals surface area (Å²) in [5.41, 5.74) is 0.980. The average Bonchev–Trinajstić information content (AvgIpc) is 2.69. The van der Waals surface area contributed by atoms with Crippen molar-refractivity contribution in [2.45, 2.75) is 13.3 Å². The molecular weight excluding hydrogens is 187 g/mol. The van der Waals surface area contributed by atoms with Gasteiger partial charge in [0.25, 0.3) is 0 Å². The summed E-state index contributed by atoms with van der Waals surface area (Å²) in [7, 11) is -0.333. The Bertz CT molecular complexity index is 373. The number of benzene rings is 1. The molecule has 0 aliphatic carbocycles. The number of rotatable bonds is 3. The fourth-order valence-electron chi connectivity index (χ4n) is 1.55. The fraction of sp³-hybridized carbons (Fsp3) is 0.167. The van der Waals surface area contributed by atoms with Gasteiger partial charge in [0.2, 0.25) is 0 Å². The Balaban J connectivity index is 2.19. The van der Waals surface area contributed by atoms with E-state index in [1.165, 1.54) is 0 Å². The summed E-state index contributed by atoms with van der Waals surface area (Å²) >= 11 is 0. The fourth-order valence-corrected chi connectivity index (χ4v) is 1.55. The molecule has 0 aromatic heterocycles. The summed E-state index contributed by atoms with van der Waals surface area (Å²) in [5, 5.41) is 0. The molecule has 76 valence electrons. The monoisotopic (exact) mass is 200 g/mol. The Morgan fingerprint density at radius 3 is 2.40 bits per heavy atom. The second-order valence-electron chi connectivity index (χ2n) is 3.33. The van der Waals surface area contributed by atoms with Crippen molar-refractivity contribution in [2.75, 3.05) is 0 Å². The Morgan fingerprint density at radius 2 is 1.93 bits per heavy atom. The van der Waals surface area contributed by atoms with Crippen LogP contribution in [0.5, 0.6) is 11.5 Å². The molecule has 0 saturated carbocycles. The van der Waals surface area contributed by atoms with E-state index in [9.17, 15) is 0 Å². The molecule has 3 heteroatoms. The Labute approximate surface area is 90.4 Å². The van der Waals surface area contributed by atoms with Crippen molar-refractivity contribution in [3.63, 3.8) is 0 Å². The van der Waals surface area contributed by atoms with Gasteiger partial charge in [0.15, 0.2) is 0 Å². The maximum atomic E-state index is 5.65.